The zero-order chi connectivity index (χ0) is 12.4. The molecule has 2 saturated heterocycles. The molecule has 0 amide bonds. The van der Waals surface area contributed by atoms with Gasteiger partial charge in [-0.2, -0.15) is 0 Å². The summed E-state index contributed by atoms with van der Waals surface area (Å²) in [6.45, 7) is 1.39. The van der Waals surface area contributed by atoms with E-state index < -0.39 is 0 Å². The van der Waals surface area contributed by atoms with E-state index in [9.17, 15) is 0 Å². The molecular formula is C17H26N+. The third-order valence-electron chi connectivity index (χ3n) is 5.52. The Hall–Kier alpha value is -0.820. The predicted octanol–water partition coefficient (Wildman–Crippen LogP) is 3.78. The Morgan fingerprint density at radius 3 is 2.33 bits per heavy atom. The number of fused-ring (bicyclic) bond motifs is 2. The molecule has 1 nitrogen and oxygen atoms in total. The Balaban J connectivity index is 1.57. The number of piperidine rings is 1. The van der Waals surface area contributed by atoms with Gasteiger partial charge in [0.05, 0.1) is 25.7 Å². The quantitative estimate of drug-likeness (QED) is 0.707. The molecule has 1 heteroatoms. The summed E-state index contributed by atoms with van der Waals surface area (Å²) >= 11 is 0. The number of quaternary nitrogens is 1. The van der Waals surface area contributed by atoms with Crippen LogP contribution >= 0.6 is 0 Å². The molecule has 0 N–H and O–H groups in total. The van der Waals surface area contributed by atoms with E-state index >= 15 is 0 Å². The van der Waals surface area contributed by atoms with E-state index in [4.69, 9.17) is 0 Å². The number of hydrogen-bond acceptors (Lipinski definition) is 0. The van der Waals surface area contributed by atoms with Gasteiger partial charge in [-0.3, -0.25) is 0 Å². The summed E-state index contributed by atoms with van der Waals surface area (Å²) in [7, 11) is 2.53. The van der Waals surface area contributed by atoms with Gasteiger partial charge in [0.25, 0.3) is 0 Å². The van der Waals surface area contributed by atoms with Crippen molar-refractivity contribution in [2.24, 2.45) is 0 Å². The Kier molecular flexibility index (Phi) is 3.43. The maximum Gasteiger partial charge on any atom is 0.0892 e. The maximum absolute atomic E-state index is 2.53. The van der Waals surface area contributed by atoms with Crippen molar-refractivity contribution in [3.63, 3.8) is 0 Å². The molecule has 0 aliphatic carbocycles. The SMILES string of the molecule is C[N+]1(CCCc2ccccc2)C2CCCC1CC2. The monoisotopic (exact) mass is 244 g/mol. The molecule has 2 fully saturated rings. The Bertz CT molecular complexity index is 368. The van der Waals surface area contributed by atoms with Gasteiger partial charge in [-0.05, 0) is 31.2 Å². The lowest BCUT2D eigenvalue weighted by atomic mass is 9.98. The highest BCUT2D eigenvalue weighted by molar-refractivity contribution is 5.14. The summed E-state index contributed by atoms with van der Waals surface area (Å²) in [5, 5.41) is 0. The second kappa shape index (κ2) is 5.05. The highest BCUT2D eigenvalue weighted by atomic mass is 15.4. The molecule has 2 bridgehead atoms. The lowest BCUT2D eigenvalue weighted by Crippen LogP contribution is -2.56. The van der Waals surface area contributed by atoms with Gasteiger partial charge in [-0.25, -0.2) is 0 Å². The summed E-state index contributed by atoms with van der Waals surface area (Å²) in [6, 6.07) is 12.9. The van der Waals surface area contributed by atoms with E-state index in [1.807, 2.05) is 0 Å². The smallest absolute Gasteiger partial charge is 0.0892 e. The minimum absolute atomic E-state index is 0.986. The van der Waals surface area contributed by atoms with Crippen molar-refractivity contribution in [1.82, 2.24) is 0 Å². The van der Waals surface area contributed by atoms with E-state index in [1.54, 1.807) is 0 Å². The third kappa shape index (κ3) is 2.21. The second-order valence-corrected chi connectivity index (χ2v) is 6.48. The van der Waals surface area contributed by atoms with Crippen LogP contribution in [0.15, 0.2) is 30.3 Å². The molecule has 98 valence electrons. The molecule has 3 rings (SSSR count). The number of aryl methyl sites for hydroxylation is 1. The third-order valence-corrected chi connectivity index (χ3v) is 5.52. The van der Waals surface area contributed by atoms with Gasteiger partial charge in [-0.1, -0.05) is 30.3 Å². The summed E-state index contributed by atoms with van der Waals surface area (Å²) in [5.41, 5.74) is 1.51. The van der Waals surface area contributed by atoms with Crippen LogP contribution in [-0.4, -0.2) is 30.2 Å². The van der Waals surface area contributed by atoms with Crippen molar-refractivity contribution in [3.05, 3.63) is 35.9 Å². The lowest BCUT2D eigenvalue weighted by Gasteiger charge is -2.45. The summed E-state index contributed by atoms with van der Waals surface area (Å²) < 4.78 is 1.40. The molecule has 0 aromatic heterocycles. The Morgan fingerprint density at radius 1 is 1.00 bits per heavy atom. The first-order chi connectivity index (χ1) is 8.79. The minimum atomic E-state index is 0.986. The van der Waals surface area contributed by atoms with E-state index in [0.29, 0.717) is 0 Å². The fourth-order valence-electron chi connectivity index (χ4n) is 4.37. The van der Waals surface area contributed by atoms with Crippen molar-refractivity contribution in [3.8, 4) is 0 Å². The average molecular weight is 244 g/mol. The highest BCUT2D eigenvalue weighted by Gasteiger charge is 2.47. The largest absolute Gasteiger partial charge is 0.321 e. The van der Waals surface area contributed by atoms with Crippen LogP contribution in [0.4, 0.5) is 0 Å². The first kappa shape index (κ1) is 12.2. The molecule has 0 radical (unpaired) electrons. The summed E-state index contributed by atoms with van der Waals surface area (Å²) in [6.07, 6.45) is 10.1. The van der Waals surface area contributed by atoms with Crippen LogP contribution in [0.3, 0.4) is 0 Å². The number of benzene rings is 1. The van der Waals surface area contributed by atoms with Crippen LogP contribution in [-0.2, 0) is 6.42 Å². The fraction of sp³-hybridized carbons (Fsp3) is 0.647. The van der Waals surface area contributed by atoms with Crippen molar-refractivity contribution < 1.29 is 4.48 Å². The van der Waals surface area contributed by atoms with Crippen LogP contribution in [0.5, 0.6) is 0 Å². The first-order valence-corrected chi connectivity index (χ1v) is 7.68. The molecule has 0 saturated carbocycles. The average Bonchev–Trinajstić information content (AvgIpc) is 2.59. The number of nitrogens with zero attached hydrogens (tertiary/aromatic N) is 1. The van der Waals surface area contributed by atoms with Gasteiger partial charge in [0.1, 0.15) is 0 Å². The van der Waals surface area contributed by atoms with Crippen LogP contribution in [0.25, 0.3) is 0 Å². The number of rotatable bonds is 4. The molecule has 2 aliphatic heterocycles. The van der Waals surface area contributed by atoms with Crippen LogP contribution in [0, 0.1) is 0 Å². The van der Waals surface area contributed by atoms with Gasteiger partial charge < -0.3 is 4.48 Å². The molecule has 1 aromatic rings. The zero-order valence-electron chi connectivity index (χ0n) is 11.6. The van der Waals surface area contributed by atoms with Gasteiger partial charge in [-0.15, -0.1) is 0 Å². The molecule has 2 unspecified atom stereocenters. The standard InChI is InChI=1S/C17H26N/c1-18(16-10-5-11-17(18)13-12-16)14-6-9-15-7-3-2-4-8-15/h2-4,7-8,16-17H,5-6,9-14H2,1H3/q+1. The van der Waals surface area contributed by atoms with E-state index in [-0.39, 0.29) is 0 Å². The van der Waals surface area contributed by atoms with Crippen LogP contribution in [0.2, 0.25) is 0 Å². The molecule has 0 spiro atoms. The van der Waals surface area contributed by atoms with Crippen molar-refractivity contribution in [2.45, 2.75) is 57.0 Å². The molecule has 2 aliphatic rings. The summed E-state index contributed by atoms with van der Waals surface area (Å²) in [4.78, 5) is 0. The van der Waals surface area contributed by atoms with E-state index in [2.05, 4.69) is 37.4 Å². The van der Waals surface area contributed by atoms with E-state index in [0.717, 1.165) is 12.1 Å². The van der Waals surface area contributed by atoms with Gasteiger partial charge in [0.2, 0.25) is 0 Å². The minimum Gasteiger partial charge on any atom is -0.321 e. The van der Waals surface area contributed by atoms with Crippen LogP contribution < -0.4 is 0 Å². The number of hydrogen-bond donors (Lipinski definition) is 0. The Labute approximate surface area is 111 Å². The zero-order valence-corrected chi connectivity index (χ0v) is 11.6. The molecule has 2 heterocycles. The maximum atomic E-state index is 2.53. The Morgan fingerprint density at radius 2 is 1.67 bits per heavy atom. The molecule has 18 heavy (non-hydrogen) atoms. The molecule has 2 atom stereocenters. The topological polar surface area (TPSA) is 0 Å². The highest BCUT2D eigenvalue weighted by Crippen LogP contribution is 2.41. The van der Waals surface area contributed by atoms with Crippen molar-refractivity contribution in [1.29, 1.82) is 0 Å². The van der Waals surface area contributed by atoms with Crippen LogP contribution in [0.1, 0.15) is 44.1 Å². The first-order valence-electron chi connectivity index (χ1n) is 7.68. The normalized spacial score (nSPS) is 34.7. The second-order valence-electron chi connectivity index (χ2n) is 6.48. The molecule has 1 aromatic carbocycles. The lowest BCUT2D eigenvalue weighted by molar-refractivity contribution is -0.948. The van der Waals surface area contributed by atoms with E-state index in [1.165, 1.54) is 61.5 Å². The summed E-state index contributed by atoms with van der Waals surface area (Å²) in [5.74, 6) is 0. The predicted molar refractivity (Wildman–Crippen MR) is 76.5 cm³/mol. The molecular weight excluding hydrogens is 218 g/mol. The van der Waals surface area contributed by atoms with Crippen molar-refractivity contribution in [2.75, 3.05) is 13.6 Å². The van der Waals surface area contributed by atoms with Gasteiger partial charge in [0, 0.05) is 19.3 Å². The van der Waals surface area contributed by atoms with Crippen molar-refractivity contribution >= 4 is 0 Å². The van der Waals surface area contributed by atoms with Gasteiger partial charge >= 0.3 is 0 Å². The van der Waals surface area contributed by atoms with Gasteiger partial charge in [0.15, 0.2) is 0 Å². The fourth-order valence-corrected chi connectivity index (χ4v) is 4.37.